The smallest absolute Gasteiger partial charge is 0.0554 e. The molecular formula is C12H17NS. The van der Waals surface area contributed by atoms with Crippen molar-refractivity contribution in [1.82, 2.24) is 0 Å². The molecule has 0 amide bonds. The van der Waals surface area contributed by atoms with Crippen LogP contribution in [0, 0.1) is 12.3 Å². The van der Waals surface area contributed by atoms with Gasteiger partial charge in [0.25, 0.3) is 0 Å². The van der Waals surface area contributed by atoms with E-state index in [1.165, 1.54) is 11.1 Å². The minimum absolute atomic E-state index is 0.284. The summed E-state index contributed by atoms with van der Waals surface area (Å²) in [5.74, 6) is 0. The SMILES string of the molecule is Cc1cccc(C(C)(C)C)c1.N=C=S. The van der Waals surface area contributed by atoms with Gasteiger partial charge in [-0.2, -0.15) is 0 Å². The van der Waals surface area contributed by atoms with E-state index < -0.39 is 0 Å². The summed E-state index contributed by atoms with van der Waals surface area (Å²) in [6.45, 7) is 8.85. The molecule has 0 fully saturated rings. The predicted octanol–water partition coefficient (Wildman–Crippen LogP) is 3.96. The highest BCUT2D eigenvalue weighted by Crippen LogP contribution is 2.22. The average Bonchev–Trinajstić information content (AvgIpc) is 2.04. The van der Waals surface area contributed by atoms with Gasteiger partial charge in [-0.1, -0.05) is 50.6 Å². The van der Waals surface area contributed by atoms with Crippen LogP contribution in [0.15, 0.2) is 24.3 Å². The number of thiocarbonyl (C=S) groups is 1. The zero-order valence-corrected chi connectivity index (χ0v) is 10.0. The van der Waals surface area contributed by atoms with Crippen LogP contribution in [0.2, 0.25) is 0 Å². The van der Waals surface area contributed by atoms with Crippen molar-refractivity contribution in [3.8, 4) is 0 Å². The molecule has 0 saturated carbocycles. The highest BCUT2D eigenvalue weighted by molar-refractivity contribution is 7.78. The van der Waals surface area contributed by atoms with E-state index >= 15 is 0 Å². The number of aryl methyl sites for hydroxylation is 1. The largest absolute Gasteiger partial charge is 0.248 e. The number of hydrogen-bond acceptors (Lipinski definition) is 2. The lowest BCUT2D eigenvalue weighted by Crippen LogP contribution is -2.10. The lowest BCUT2D eigenvalue weighted by Gasteiger charge is -2.19. The Bertz CT molecular complexity index is 317. The number of rotatable bonds is 0. The van der Waals surface area contributed by atoms with Crippen LogP contribution in [0.1, 0.15) is 31.9 Å². The maximum atomic E-state index is 5.77. The Morgan fingerprint density at radius 1 is 1.29 bits per heavy atom. The highest BCUT2D eigenvalue weighted by Gasteiger charge is 2.12. The predicted molar refractivity (Wildman–Crippen MR) is 65.2 cm³/mol. The van der Waals surface area contributed by atoms with E-state index in [4.69, 9.17) is 5.41 Å². The maximum absolute atomic E-state index is 5.77. The molecule has 76 valence electrons. The second-order valence-corrected chi connectivity index (χ2v) is 4.43. The van der Waals surface area contributed by atoms with Gasteiger partial charge in [0.2, 0.25) is 0 Å². The van der Waals surface area contributed by atoms with Crippen LogP contribution in [-0.4, -0.2) is 5.16 Å². The number of hydrogen-bond donors (Lipinski definition) is 1. The maximum Gasteiger partial charge on any atom is 0.0554 e. The van der Waals surface area contributed by atoms with Crippen LogP contribution in [0.25, 0.3) is 0 Å². The van der Waals surface area contributed by atoms with E-state index in [9.17, 15) is 0 Å². The van der Waals surface area contributed by atoms with Crippen LogP contribution in [-0.2, 0) is 5.41 Å². The van der Waals surface area contributed by atoms with E-state index in [1.807, 2.05) is 0 Å². The summed E-state index contributed by atoms with van der Waals surface area (Å²) in [7, 11) is 0. The summed E-state index contributed by atoms with van der Waals surface area (Å²) in [6, 6.07) is 8.69. The highest BCUT2D eigenvalue weighted by atomic mass is 32.1. The Labute approximate surface area is 91.7 Å². The Hall–Kier alpha value is -0.980. The van der Waals surface area contributed by atoms with E-state index in [2.05, 4.69) is 64.2 Å². The summed E-state index contributed by atoms with van der Waals surface area (Å²) in [5, 5.41) is 7.36. The molecule has 0 atom stereocenters. The molecule has 0 aliphatic heterocycles. The third kappa shape index (κ3) is 4.90. The van der Waals surface area contributed by atoms with Crippen LogP contribution in [0.3, 0.4) is 0 Å². The van der Waals surface area contributed by atoms with Crippen LogP contribution in [0.5, 0.6) is 0 Å². The third-order valence-corrected chi connectivity index (χ3v) is 1.88. The first-order valence-corrected chi connectivity index (χ1v) is 4.93. The number of nitrogens with one attached hydrogen (secondary N) is 1. The van der Waals surface area contributed by atoms with Gasteiger partial charge in [0.1, 0.15) is 0 Å². The van der Waals surface area contributed by atoms with E-state index in [1.54, 1.807) is 5.16 Å². The molecule has 1 aromatic carbocycles. The minimum atomic E-state index is 0.284. The number of isothiocyanates is 1. The molecule has 0 aliphatic rings. The second kappa shape index (κ2) is 5.69. The van der Waals surface area contributed by atoms with Crippen molar-refractivity contribution in [2.24, 2.45) is 0 Å². The van der Waals surface area contributed by atoms with Gasteiger partial charge in [-0.05, 0) is 30.1 Å². The van der Waals surface area contributed by atoms with Crippen molar-refractivity contribution in [3.63, 3.8) is 0 Å². The molecule has 0 aromatic heterocycles. The fourth-order valence-corrected chi connectivity index (χ4v) is 1.11. The molecule has 14 heavy (non-hydrogen) atoms. The first-order valence-electron chi connectivity index (χ1n) is 4.53. The molecule has 1 aromatic rings. The quantitative estimate of drug-likeness (QED) is 0.505. The van der Waals surface area contributed by atoms with Crippen molar-refractivity contribution in [3.05, 3.63) is 35.4 Å². The molecule has 1 nitrogen and oxygen atoms in total. The molecule has 2 heteroatoms. The van der Waals surface area contributed by atoms with Gasteiger partial charge in [0.15, 0.2) is 0 Å². The lowest BCUT2D eigenvalue weighted by atomic mass is 9.86. The topological polar surface area (TPSA) is 23.9 Å². The monoisotopic (exact) mass is 207 g/mol. The normalized spacial score (nSPS) is 9.71. The van der Waals surface area contributed by atoms with Crippen molar-refractivity contribution >= 4 is 17.4 Å². The summed E-state index contributed by atoms with van der Waals surface area (Å²) in [5.41, 5.74) is 3.04. The Kier molecular flexibility index (Phi) is 5.29. The van der Waals surface area contributed by atoms with Crippen LogP contribution < -0.4 is 0 Å². The first kappa shape index (κ1) is 13.0. The summed E-state index contributed by atoms with van der Waals surface area (Å²) < 4.78 is 0. The fraction of sp³-hybridized carbons (Fsp3) is 0.417. The average molecular weight is 207 g/mol. The molecule has 1 rings (SSSR count). The van der Waals surface area contributed by atoms with Gasteiger partial charge in [-0.25, -0.2) is 5.41 Å². The van der Waals surface area contributed by atoms with Crippen LogP contribution in [0.4, 0.5) is 0 Å². The molecule has 0 bridgehead atoms. The Balaban J connectivity index is 0.000000500. The van der Waals surface area contributed by atoms with Crippen LogP contribution >= 0.6 is 12.2 Å². The van der Waals surface area contributed by atoms with E-state index in [0.717, 1.165) is 0 Å². The van der Waals surface area contributed by atoms with E-state index in [0.29, 0.717) is 0 Å². The summed E-state index contributed by atoms with van der Waals surface area (Å²) in [6.07, 6.45) is 0. The molecule has 0 aliphatic carbocycles. The minimum Gasteiger partial charge on any atom is -0.248 e. The molecule has 0 unspecified atom stereocenters. The zero-order chi connectivity index (χ0) is 11.2. The molecule has 1 N–H and O–H groups in total. The van der Waals surface area contributed by atoms with E-state index in [-0.39, 0.29) is 5.41 Å². The molecule has 0 radical (unpaired) electrons. The van der Waals surface area contributed by atoms with Gasteiger partial charge < -0.3 is 0 Å². The summed E-state index contributed by atoms with van der Waals surface area (Å²) in [4.78, 5) is 0. The standard InChI is InChI=1S/C11H16.CHNS/c1-9-6-5-7-10(8-9)11(2,3)4;2-1-3/h5-8H,1-4H3;2H. The lowest BCUT2D eigenvalue weighted by molar-refractivity contribution is 0.590. The van der Waals surface area contributed by atoms with Gasteiger partial charge in [0, 0.05) is 0 Å². The zero-order valence-electron chi connectivity index (χ0n) is 9.22. The van der Waals surface area contributed by atoms with Gasteiger partial charge in [-0.3, -0.25) is 0 Å². The van der Waals surface area contributed by atoms with Gasteiger partial charge in [-0.15, -0.1) is 0 Å². The Morgan fingerprint density at radius 2 is 1.79 bits per heavy atom. The molecule has 0 spiro atoms. The third-order valence-electron chi connectivity index (χ3n) is 1.88. The summed E-state index contributed by atoms with van der Waals surface area (Å²) >= 11 is 3.81. The molecular weight excluding hydrogens is 190 g/mol. The van der Waals surface area contributed by atoms with Crippen molar-refractivity contribution in [2.45, 2.75) is 33.1 Å². The molecule has 0 saturated heterocycles. The first-order chi connectivity index (χ1) is 6.41. The fourth-order valence-electron chi connectivity index (χ4n) is 1.11. The van der Waals surface area contributed by atoms with Crippen molar-refractivity contribution in [2.75, 3.05) is 0 Å². The van der Waals surface area contributed by atoms with Crippen molar-refractivity contribution in [1.29, 1.82) is 5.41 Å². The van der Waals surface area contributed by atoms with Gasteiger partial charge in [0.05, 0.1) is 5.16 Å². The second-order valence-electron chi connectivity index (χ2n) is 4.22. The Morgan fingerprint density at radius 3 is 2.07 bits per heavy atom. The number of benzene rings is 1. The van der Waals surface area contributed by atoms with Crippen molar-refractivity contribution < 1.29 is 0 Å². The van der Waals surface area contributed by atoms with Gasteiger partial charge >= 0.3 is 0 Å². The molecule has 0 heterocycles.